The quantitative estimate of drug-likeness (QED) is 0.557. The molecule has 1 fully saturated rings. The summed E-state index contributed by atoms with van der Waals surface area (Å²) in [6.07, 6.45) is 1.21. The Bertz CT molecular complexity index is 1020. The predicted octanol–water partition coefficient (Wildman–Crippen LogP) is 4.74. The summed E-state index contributed by atoms with van der Waals surface area (Å²) >= 11 is 1.17. The molecule has 0 saturated carbocycles. The van der Waals surface area contributed by atoms with Crippen molar-refractivity contribution in [3.05, 3.63) is 69.6 Å². The summed E-state index contributed by atoms with van der Waals surface area (Å²) in [5.41, 5.74) is 5.99. The maximum Gasteiger partial charge on any atom is 0.331 e. The van der Waals surface area contributed by atoms with Gasteiger partial charge in [-0.1, -0.05) is 12.1 Å². The molecule has 0 bridgehead atoms. The van der Waals surface area contributed by atoms with Gasteiger partial charge < -0.3 is 4.74 Å². The number of amidine groups is 1. The SMILES string of the molecule is COC(=O)/C=C1/SC(=Nc2ccc(C)c(C)c2)N(c2ccc(C)c(C)c2)C1=O. The van der Waals surface area contributed by atoms with E-state index in [4.69, 9.17) is 4.99 Å². The van der Waals surface area contributed by atoms with Gasteiger partial charge in [-0.3, -0.25) is 9.69 Å². The normalized spacial score (nSPS) is 16.9. The van der Waals surface area contributed by atoms with Crippen molar-refractivity contribution in [2.45, 2.75) is 27.7 Å². The summed E-state index contributed by atoms with van der Waals surface area (Å²) in [6.45, 7) is 8.08. The zero-order chi connectivity index (χ0) is 20.4. The highest BCUT2D eigenvalue weighted by atomic mass is 32.2. The van der Waals surface area contributed by atoms with Crippen LogP contribution in [0.4, 0.5) is 11.4 Å². The topological polar surface area (TPSA) is 59.0 Å². The lowest BCUT2D eigenvalue weighted by Crippen LogP contribution is -2.29. The van der Waals surface area contributed by atoms with Crippen molar-refractivity contribution in [2.24, 2.45) is 4.99 Å². The minimum atomic E-state index is -0.566. The van der Waals surface area contributed by atoms with Crippen molar-refractivity contribution in [3.8, 4) is 0 Å². The third-order valence-electron chi connectivity index (χ3n) is 4.72. The van der Waals surface area contributed by atoms with Crippen LogP contribution in [0.25, 0.3) is 0 Å². The Balaban J connectivity index is 2.10. The highest BCUT2D eigenvalue weighted by molar-refractivity contribution is 8.19. The predicted molar refractivity (Wildman–Crippen MR) is 114 cm³/mol. The summed E-state index contributed by atoms with van der Waals surface area (Å²) in [4.78, 5) is 31.2. The first-order valence-corrected chi connectivity index (χ1v) is 9.67. The first-order chi connectivity index (χ1) is 13.3. The van der Waals surface area contributed by atoms with E-state index in [-0.39, 0.29) is 10.8 Å². The van der Waals surface area contributed by atoms with Gasteiger partial charge in [-0.2, -0.15) is 0 Å². The number of aliphatic imine (C=N–C) groups is 1. The summed E-state index contributed by atoms with van der Waals surface area (Å²) < 4.78 is 4.68. The molecule has 0 N–H and O–H groups in total. The Hall–Kier alpha value is -2.86. The lowest BCUT2D eigenvalue weighted by atomic mass is 10.1. The number of thioether (sulfide) groups is 1. The Kier molecular flexibility index (Phi) is 5.70. The molecule has 2 aromatic carbocycles. The summed E-state index contributed by atoms with van der Waals surface area (Å²) in [5, 5.41) is 0.506. The first kappa shape index (κ1) is 19.9. The van der Waals surface area contributed by atoms with Crippen LogP contribution in [0.3, 0.4) is 0 Å². The van der Waals surface area contributed by atoms with Crippen molar-refractivity contribution >= 4 is 40.2 Å². The number of amides is 1. The van der Waals surface area contributed by atoms with E-state index in [1.165, 1.54) is 30.5 Å². The maximum atomic E-state index is 13.0. The minimum Gasteiger partial charge on any atom is -0.466 e. The number of hydrogen-bond acceptors (Lipinski definition) is 5. The van der Waals surface area contributed by atoms with Crippen LogP contribution in [0.1, 0.15) is 22.3 Å². The van der Waals surface area contributed by atoms with Crippen molar-refractivity contribution in [2.75, 3.05) is 12.0 Å². The smallest absolute Gasteiger partial charge is 0.331 e. The molecule has 0 spiro atoms. The Morgan fingerprint density at radius 2 is 1.64 bits per heavy atom. The van der Waals surface area contributed by atoms with Crippen LogP contribution in [-0.4, -0.2) is 24.2 Å². The number of ether oxygens (including phenoxy) is 1. The lowest BCUT2D eigenvalue weighted by molar-refractivity contribution is -0.135. The minimum absolute atomic E-state index is 0.285. The number of carbonyl (C=O) groups is 2. The van der Waals surface area contributed by atoms with Crippen LogP contribution in [0.15, 0.2) is 52.4 Å². The van der Waals surface area contributed by atoms with Crippen molar-refractivity contribution in [1.29, 1.82) is 0 Å². The number of anilines is 1. The molecule has 1 heterocycles. The molecule has 1 aliphatic heterocycles. The molecule has 28 heavy (non-hydrogen) atoms. The highest BCUT2D eigenvalue weighted by Gasteiger charge is 2.35. The fourth-order valence-electron chi connectivity index (χ4n) is 2.71. The van der Waals surface area contributed by atoms with Gasteiger partial charge in [0, 0.05) is 6.08 Å². The van der Waals surface area contributed by atoms with E-state index in [2.05, 4.69) is 4.74 Å². The van der Waals surface area contributed by atoms with E-state index >= 15 is 0 Å². The molecular formula is C22H22N2O3S. The Morgan fingerprint density at radius 1 is 1.00 bits per heavy atom. The van der Waals surface area contributed by atoms with Crippen LogP contribution < -0.4 is 4.90 Å². The van der Waals surface area contributed by atoms with Gasteiger partial charge in [-0.15, -0.1) is 0 Å². The maximum absolute atomic E-state index is 13.0. The number of rotatable bonds is 3. The zero-order valence-electron chi connectivity index (χ0n) is 16.6. The largest absolute Gasteiger partial charge is 0.466 e. The molecule has 0 aromatic heterocycles. The number of hydrogen-bond donors (Lipinski definition) is 0. The van der Waals surface area contributed by atoms with Crippen LogP contribution in [0, 0.1) is 27.7 Å². The monoisotopic (exact) mass is 394 g/mol. The molecule has 3 rings (SSSR count). The second-order valence-electron chi connectivity index (χ2n) is 6.71. The van der Waals surface area contributed by atoms with Gasteiger partial charge in [-0.05, 0) is 86.0 Å². The van der Waals surface area contributed by atoms with Gasteiger partial charge in [0.15, 0.2) is 5.17 Å². The average Bonchev–Trinajstić information content (AvgIpc) is 2.95. The number of nitrogens with zero attached hydrogens (tertiary/aromatic N) is 2. The molecule has 6 heteroatoms. The number of methoxy groups -OCH3 is 1. The van der Waals surface area contributed by atoms with Crippen molar-refractivity contribution < 1.29 is 14.3 Å². The molecule has 0 aliphatic carbocycles. The summed E-state index contributed by atoms with van der Waals surface area (Å²) in [5.74, 6) is -0.857. The third kappa shape index (κ3) is 4.02. The third-order valence-corrected chi connectivity index (χ3v) is 5.69. The van der Waals surface area contributed by atoms with Crippen molar-refractivity contribution in [1.82, 2.24) is 0 Å². The van der Waals surface area contributed by atoms with Gasteiger partial charge in [0.25, 0.3) is 5.91 Å². The van der Waals surface area contributed by atoms with Gasteiger partial charge in [0.05, 0.1) is 23.4 Å². The number of benzene rings is 2. The van der Waals surface area contributed by atoms with Gasteiger partial charge in [0.1, 0.15) is 0 Å². The number of carbonyl (C=O) groups excluding carboxylic acids is 2. The zero-order valence-corrected chi connectivity index (χ0v) is 17.4. The Labute approximate surface area is 169 Å². The van der Waals surface area contributed by atoms with Crippen LogP contribution in [0.5, 0.6) is 0 Å². The second-order valence-corrected chi connectivity index (χ2v) is 7.71. The number of aryl methyl sites for hydroxylation is 4. The summed E-state index contributed by atoms with van der Waals surface area (Å²) in [6, 6.07) is 11.7. The van der Waals surface area contributed by atoms with E-state index in [1.54, 1.807) is 4.90 Å². The highest BCUT2D eigenvalue weighted by Crippen LogP contribution is 2.37. The van der Waals surface area contributed by atoms with Gasteiger partial charge in [-0.25, -0.2) is 9.79 Å². The standard InChI is InChI=1S/C22H22N2O3S/c1-13-6-8-17(10-15(13)3)23-22-24(18-9-7-14(2)16(4)11-18)21(26)19(28-22)12-20(25)27-5/h6-12H,1-5H3/b19-12+,23-22?. The van der Waals surface area contributed by atoms with Crippen LogP contribution in [0.2, 0.25) is 0 Å². The van der Waals surface area contributed by atoms with E-state index < -0.39 is 5.97 Å². The molecule has 144 valence electrons. The van der Waals surface area contributed by atoms with Gasteiger partial charge >= 0.3 is 5.97 Å². The molecule has 0 atom stereocenters. The van der Waals surface area contributed by atoms with E-state index in [9.17, 15) is 9.59 Å². The molecule has 0 radical (unpaired) electrons. The van der Waals surface area contributed by atoms with E-state index in [1.807, 2.05) is 64.1 Å². The number of esters is 1. The molecule has 1 aliphatic rings. The first-order valence-electron chi connectivity index (χ1n) is 8.85. The average molecular weight is 394 g/mol. The van der Waals surface area contributed by atoms with E-state index in [0.29, 0.717) is 5.17 Å². The summed E-state index contributed by atoms with van der Waals surface area (Å²) in [7, 11) is 1.29. The molecule has 1 saturated heterocycles. The molecule has 1 amide bonds. The Morgan fingerprint density at radius 3 is 2.25 bits per heavy atom. The molecule has 5 nitrogen and oxygen atoms in total. The van der Waals surface area contributed by atoms with Crippen LogP contribution in [-0.2, 0) is 14.3 Å². The van der Waals surface area contributed by atoms with E-state index in [0.717, 1.165) is 28.1 Å². The molecule has 0 unspecified atom stereocenters. The molecular weight excluding hydrogens is 372 g/mol. The fourth-order valence-corrected chi connectivity index (χ4v) is 3.67. The van der Waals surface area contributed by atoms with Crippen molar-refractivity contribution in [3.63, 3.8) is 0 Å². The fraction of sp³-hybridized carbons (Fsp3) is 0.227. The van der Waals surface area contributed by atoms with Crippen LogP contribution >= 0.6 is 11.8 Å². The molecule has 2 aromatic rings. The lowest BCUT2D eigenvalue weighted by Gasteiger charge is -2.17. The van der Waals surface area contributed by atoms with Gasteiger partial charge in [0.2, 0.25) is 0 Å². The second kappa shape index (κ2) is 8.02.